The van der Waals surface area contributed by atoms with Gasteiger partial charge in [-0.15, -0.1) is 0 Å². The molecule has 1 heterocycles. The summed E-state index contributed by atoms with van der Waals surface area (Å²) in [6.45, 7) is 9.47. The molecule has 1 saturated heterocycles. The first-order valence-electron chi connectivity index (χ1n) is 7.49. The molecular formula is C16H24BNO5. The molecule has 0 amide bonds. The lowest BCUT2D eigenvalue weighted by atomic mass is 9.75. The van der Waals surface area contributed by atoms with Gasteiger partial charge in [0.25, 0.3) is 0 Å². The second-order valence-electron chi connectivity index (χ2n) is 6.90. The predicted octanol–water partition coefficient (Wildman–Crippen LogP) is 2.19. The van der Waals surface area contributed by atoms with Gasteiger partial charge in [0.2, 0.25) is 0 Å². The second kappa shape index (κ2) is 5.81. The van der Waals surface area contributed by atoms with E-state index in [1.54, 1.807) is 25.1 Å². The number of aldehydes is 1. The van der Waals surface area contributed by atoms with Gasteiger partial charge in [0.1, 0.15) is 6.29 Å². The molecule has 0 radical (unpaired) electrons. The van der Waals surface area contributed by atoms with Gasteiger partial charge in [-0.1, -0.05) is 0 Å². The highest BCUT2D eigenvalue weighted by Crippen LogP contribution is 2.40. The number of carbonyl (C=O) groups excluding carboxylic acids is 1. The molecule has 1 aromatic rings. The van der Waals surface area contributed by atoms with E-state index in [2.05, 4.69) is 0 Å². The summed E-state index contributed by atoms with van der Waals surface area (Å²) >= 11 is 0. The van der Waals surface area contributed by atoms with Crippen LogP contribution in [0.1, 0.15) is 45.0 Å². The first kappa shape index (κ1) is 17.8. The molecule has 126 valence electrons. The molecule has 0 unspecified atom stereocenters. The fourth-order valence-corrected chi connectivity index (χ4v) is 2.20. The largest absolute Gasteiger partial charge is 0.520 e. The van der Waals surface area contributed by atoms with E-state index in [1.807, 2.05) is 27.7 Å². The molecule has 23 heavy (non-hydrogen) atoms. The number of nitrogens with two attached hydrogens (primary N) is 1. The van der Waals surface area contributed by atoms with Crippen LogP contribution < -0.4 is 15.2 Å². The normalized spacial score (nSPS) is 21.6. The fourth-order valence-electron chi connectivity index (χ4n) is 2.20. The predicted molar refractivity (Wildman–Crippen MR) is 87.7 cm³/mol. The van der Waals surface area contributed by atoms with E-state index in [0.29, 0.717) is 17.1 Å². The number of rotatable bonds is 5. The van der Waals surface area contributed by atoms with Crippen LogP contribution >= 0.6 is 0 Å². The molecule has 2 N–H and O–H groups in total. The van der Waals surface area contributed by atoms with Gasteiger partial charge in [-0.2, -0.15) is 0 Å². The first-order valence-corrected chi connectivity index (χ1v) is 7.49. The van der Waals surface area contributed by atoms with Crippen molar-refractivity contribution in [2.45, 2.75) is 51.4 Å². The summed E-state index contributed by atoms with van der Waals surface area (Å²) in [5, 5.41) is 0. The lowest BCUT2D eigenvalue weighted by Crippen LogP contribution is -2.58. The third kappa shape index (κ3) is 3.36. The molecule has 0 aliphatic carbocycles. The standard InChI is InChI=1S/C16H24BNO5/c1-14(2)15(3,4)23-17(22-14)16(5,18)21-12-8-7-11(10-19)9-13(12)20-6/h7-10H,18H2,1-6H3/t16-/m1/s1. The van der Waals surface area contributed by atoms with Crippen LogP contribution in [0.25, 0.3) is 0 Å². The lowest BCUT2D eigenvalue weighted by Gasteiger charge is -2.32. The second-order valence-corrected chi connectivity index (χ2v) is 6.90. The summed E-state index contributed by atoms with van der Waals surface area (Å²) < 4.78 is 23.0. The molecule has 0 spiro atoms. The Morgan fingerprint density at radius 2 is 1.74 bits per heavy atom. The molecule has 1 aliphatic rings. The molecule has 7 heteroatoms. The van der Waals surface area contributed by atoms with Crippen LogP contribution in [0.15, 0.2) is 18.2 Å². The Kier molecular flexibility index (Phi) is 4.50. The van der Waals surface area contributed by atoms with Crippen LogP contribution in [-0.4, -0.2) is 37.3 Å². The molecule has 1 aliphatic heterocycles. The molecule has 1 fully saturated rings. The minimum atomic E-state index is -1.24. The fraction of sp³-hybridized carbons (Fsp3) is 0.562. The average Bonchev–Trinajstić information content (AvgIpc) is 2.68. The van der Waals surface area contributed by atoms with Crippen molar-refractivity contribution in [2.75, 3.05) is 7.11 Å². The van der Waals surface area contributed by atoms with Gasteiger partial charge in [-0.05, 0) is 52.8 Å². The molecule has 0 aromatic heterocycles. The van der Waals surface area contributed by atoms with Crippen molar-refractivity contribution in [2.24, 2.45) is 5.73 Å². The van der Waals surface area contributed by atoms with E-state index >= 15 is 0 Å². The van der Waals surface area contributed by atoms with E-state index in [1.165, 1.54) is 7.11 Å². The van der Waals surface area contributed by atoms with Crippen LogP contribution in [-0.2, 0) is 9.31 Å². The Balaban J connectivity index is 2.24. The Morgan fingerprint density at radius 3 is 2.22 bits per heavy atom. The maximum atomic E-state index is 10.9. The van der Waals surface area contributed by atoms with Crippen molar-refractivity contribution in [3.8, 4) is 11.5 Å². The maximum Gasteiger partial charge on any atom is 0.520 e. The van der Waals surface area contributed by atoms with Crippen LogP contribution in [0.5, 0.6) is 11.5 Å². The van der Waals surface area contributed by atoms with Crippen LogP contribution in [0.4, 0.5) is 0 Å². The highest BCUT2D eigenvalue weighted by atomic mass is 16.7. The van der Waals surface area contributed by atoms with Crippen molar-refractivity contribution < 1.29 is 23.6 Å². The summed E-state index contributed by atoms with van der Waals surface area (Å²) in [5.41, 5.74) is 4.53. The molecule has 1 aromatic carbocycles. The number of hydrogen-bond acceptors (Lipinski definition) is 6. The Labute approximate surface area is 137 Å². The monoisotopic (exact) mass is 321 g/mol. The quantitative estimate of drug-likeness (QED) is 0.509. The lowest BCUT2D eigenvalue weighted by molar-refractivity contribution is 0.00578. The minimum absolute atomic E-state index is 0.415. The van der Waals surface area contributed by atoms with Crippen molar-refractivity contribution in [1.29, 1.82) is 0 Å². The molecule has 0 saturated carbocycles. The van der Waals surface area contributed by atoms with Crippen molar-refractivity contribution in [3.05, 3.63) is 23.8 Å². The van der Waals surface area contributed by atoms with Crippen molar-refractivity contribution >= 4 is 13.4 Å². The minimum Gasteiger partial charge on any atom is -0.493 e. The van der Waals surface area contributed by atoms with Gasteiger partial charge in [0.15, 0.2) is 17.1 Å². The number of carbonyl (C=O) groups is 1. The van der Waals surface area contributed by atoms with Gasteiger partial charge in [-0.25, -0.2) is 0 Å². The van der Waals surface area contributed by atoms with Crippen LogP contribution in [0, 0.1) is 0 Å². The zero-order valence-corrected chi connectivity index (χ0v) is 14.5. The number of benzene rings is 1. The SMILES string of the molecule is COc1cc(C=O)ccc1O[C@@](C)(N)B1OC(C)(C)C(C)(C)O1. The molecule has 1 atom stereocenters. The zero-order valence-electron chi connectivity index (χ0n) is 14.5. The highest BCUT2D eigenvalue weighted by Gasteiger charge is 2.58. The smallest absolute Gasteiger partial charge is 0.493 e. The van der Waals surface area contributed by atoms with Crippen molar-refractivity contribution in [3.63, 3.8) is 0 Å². The maximum absolute atomic E-state index is 10.9. The van der Waals surface area contributed by atoms with E-state index < -0.39 is 23.9 Å². The van der Waals surface area contributed by atoms with Gasteiger partial charge in [0.05, 0.1) is 18.3 Å². The third-order valence-electron chi connectivity index (χ3n) is 4.37. The zero-order chi connectivity index (χ0) is 17.5. The van der Waals surface area contributed by atoms with E-state index in [4.69, 9.17) is 24.5 Å². The van der Waals surface area contributed by atoms with Crippen LogP contribution in [0.3, 0.4) is 0 Å². The number of hydrogen-bond donors (Lipinski definition) is 1. The Bertz CT molecular complexity index is 584. The number of methoxy groups -OCH3 is 1. The van der Waals surface area contributed by atoms with E-state index in [-0.39, 0.29) is 0 Å². The van der Waals surface area contributed by atoms with Gasteiger partial charge >= 0.3 is 7.12 Å². The van der Waals surface area contributed by atoms with E-state index in [0.717, 1.165) is 6.29 Å². The number of ether oxygens (including phenoxy) is 2. The van der Waals surface area contributed by atoms with Gasteiger partial charge in [-0.3, -0.25) is 10.5 Å². The molecular weight excluding hydrogens is 297 g/mol. The molecule has 0 bridgehead atoms. The summed E-state index contributed by atoms with van der Waals surface area (Å²) in [6, 6.07) is 4.85. The molecule has 6 nitrogen and oxygen atoms in total. The summed E-state index contributed by atoms with van der Waals surface area (Å²) in [4.78, 5) is 10.9. The Hall–Kier alpha value is -1.57. The third-order valence-corrected chi connectivity index (χ3v) is 4.37. The highest BCUT2D eigenvalue weighted by molar-refractivity contribution is 6.49. The van der Waals surface area contributed by atoms with E-state index in [9.17, 15) is 4.79 Å². The van der Waals surface area contributed by atoms with Gasteiger partial charge < -0.3 is 18.8 Å². The summed E-state index contributed by atoms with van der Waals surface area (Å²) in [7, 11) is 0.752. The Morgan fingerprint density at radius 1 is 1.17 bits per heavy atom. The van der Waals surface area contributed by atoms with Crippen molar-refractivity contribution in [1.82, 2.24) is 0 Å². The van der Waals surface area contributed by atoms with Crippen LogP contribution in [0.2, 0.25) is 0 Å². The molecule has 2 rings (SSSR count). The average molecular weight is 321 g/mol. The first-order chi connectivity index (χ1) is 10.5. The summed E-state index contributed by atoms with van der Waals surface area (Å²) in [5.74, 6) is 0.834. The summed E-state index contributed by atoms with van der Waals surface area (Å²) in [6.07, 6.45) is 0.738. The topological polar surface area (TPSA) is 80.0 Å². The van der Waals surface area contributed by atoms with Gasteiger partial charge in [0, 0.05) is 5.56 Å².